The van der Waals surface area contributed by atoms with Crippen molar-refractivity contribution in [3.8, 4) is 5.75 Å². The SMILES string of the molecule is CCC(N)Cc1cccc(Cl)c1OC1CCS(=O)(=O)C1. The molecule has 6 heteroatoms. The number of sulfone groups is 1. The zero-order chi connectivity index (χ0) is 14.8. The average Bonchev–Trinajstić information content (AvgIpc) is 2.73. The highest BCUT2D eigenvalue weighted by molar-refractivity contribution is 7.91. The summed E-state index contributed by atoms with van der Waals surface area (Å²) in [7, 11) is -2.96. The van der Waals surface area contributed by atoms with E-state index >= 15 is 0 Å². The number of nitrogens with two attached hydrogens (primary N) is 1. The van der Waals surface area contributed by atoms with Crippen LogP contribution in [0.2, 0.25) is 5.02 Å². The Morgan fingerprint density at radius 1 is 1.50 bits per heavy atom. The Bertz CT molecular complexity index is 574. The minimum atomic E-state index is -2.96. The molecule has 1 aromatic rings. The molecule has 2 atom stereocenters. The maximum absolute atomic E-state index is 11.5. The lowest BCUT2D eigenvalue weighted by Crippen LogP contribution is -2.23. The Labute approximate surface area is 125 Å². The quantitative estimate of drug-likeness (QED) is 0.903. The van der Waals surface area contributed by atoms with E-state index in [1.807, 2.05) is 19.1 Å². The zero-order valence-corrected chi connectivity index (χ0v) is 13.1. The van der Waals surface area contributed by atoms with Crippen LogP contribution < -0.4 is 10.5 Å². The number of para-hydroxylation sites is 1. The monoisotopic (exact) mass is 317 g/mol. The Hall–Kier alpha value is -0.780. The van der Waals surface area contributed by atoms with Gasteiger partial charge in [-0.15, -0.1) is 0 Å². The lowest BCUT2D eigenvalue weighted by molar-refractivity contribution is 0.226. The minimum absolute atomic E-state index is 0.0446. The fourth-order valence-electron chi connectivity index (χ4n) is 2.29. The van der Waals surface area contributed by atoms with Crippen molar-refractivity contribution in [1.82, 2.24) is 0 Å². The summed E-state index contributed by atoms with van der Waals surface area (Å²) in [6, 6.07) is 5.59. The van der Waals surface area contributed by atoms with Crippen LogP contribution in [0.25, 0.3) is 0 Å². The van der Waals surface area contributed by atoms with E-state index in [0.717, 1.165) is 12.0 Å². The summed E-state index contributed by atoms with van der Waals surface area (Å²) in [4.78, 5) is 0. The van der Waals surface area contributed by atoms with E-state index in [-0.39, 0.29) is 23.7 Å². The van der Waals surface area contributed by atoms with Gasteiger partial charge in [-0.2, -0.15) is 0 Å². The zero-order valence-electron chi connectivity index (χ0n) is 11.5. The molecule has 0 bridgehead atoms. The highest BCUT2D eigenvalue weighted by Crippen LogP contribution is 2.32. The van der Waals surface area contributed by atoms with Crippen LogP contribution in [0.3, 0.4) is 0 Å². The van der Waals surface area contributed by atoms with Gasteiger partial charge in [-0.05, 0) is 30.9 Å². The average molecular weight is 318 g/mol. The molecule has 2 rings (SSSR count). The van der Waals surface area contributed by atoms with Crippen LogP contribution in [0.15, 0.2) is 18.2 Å². The van der Waals surface area contributed by atoms with Crippen molar-refractivity contribution >= 4 is 21.4 Å². The summed E-state index contributed by atoms with van der Waals surface area (Å²) < 4.78 is 28.8. The Morgan fingerprint density at radius 3 is 2.85 bits per heavy atom. The molecule has 2 unspecified atom stereocenters. The summed E-state index contributed by atoms with van der Waals surface area (Å²) in [6.07, 6.45) is 1.75. The Kier molecular flexibility index (Phi) is 4.94. The third-order valence-corrected chi connectivity index (χ3v) is 5.57. The molecule has 0 amide bonds. The molecule has 1 aromatic carbocycles. The maximum atomic E-state index is 11.5. The predicted octanol–water partition coefficient (Wildman–Crippen LogP) is 2.19. The van der Waals surface area contributed by atoms with Crippen LogP contribution in [0.5, 0.6) is 5.75 Å². The normalized spacial score (nSPS) is 22.6. The third-order valence-electron chi connectivity index (χ3n) is 3.53. The second-order valence-corrected chi connectivity index (χ2v) is 7.88. The van der Waals surface area contributed by atoms with Crippen LogP contribution >= 0.6 is 11.6 Å². The Morgan fingerprint density at radius 2 is 2.25 bits per heavy atom. The molecule has 4 nitrogen and oxygen atoms in total. The van der Waals surface area contributed by atoms with Gasteiger partial charge in [-0.25, -0.2) is 8.42 Å². The molecule has 0 aromatic heterocycles. The molecular formula is C14H20ClNO3S. The summed E-state index contributed by atoms with van der Waals surface area (Å²) in [6.45, 7) is 2.03. The van der Waals surface area contributed by atoms with E-state index in [9.17, 15) is 8.42 Å². The van der Waals surface area contributed by atoms with Gasteiger partial charge in [0.05, 0.1) is 16.5 Å². The van der Waals surface area contributed by atoms with E-state index in [4.69, 9.17) is 22.1 Å². The lowest BCUT2D eigenvalue weighted by Gasteiger charge is -2.18. The number of ether oxygens (including phenoxy) is 1. The summed E-state index contributed by atoms with van der Waals surface area (Å²) in [5.74, 6) is 0.837. The molecule has 1 aliphatic heterocycles. The van der Waals surface area contributed by atoms with Crippen LogP contribution in [-0.2, 0) is 16.3 Å². The molecule has 1 fully saturated rings. The third kappa shape index (κ3) is 3.87. The van der Waals surface area contributed by atoms with Crippen molar-refractivity contribution in [1.29, 1.82) is 0 Å². The van der Waals surface area contributed by atoms with Crippen molar-refractivity contribution in [2.75, 3.05) is 11.5 Å². The summed E-state index contributed by atoms with van der Waals surface area (Å²) in [5.41, 5.74) is 6.92. The molecule has 20 heavy (non-hydrogen) atoms. The fraction of sp³-hybridized carbons (Fsp3) is 0.571. The minimum Gasteiger partial charge on any atom is -0.487 e. The first kappa shape index (κ1) is 15.6. The van der Waals surface area contributed by atoms with Gasteiger partial charge in [-0.3, -0.25) is 0 Å². The smallest absolute Gasteiger partial charge is 0.154 e. The number of rotatable bonds is 5. The van der Waals surface area contributed by atoms with Crippen LogP contribution in [0.4, 0.5) is 0 Å². The van der Waals surface area contributed by atoms with E-state index in [1.54, 1.807) is 6.07 Å². The first-order valence-corrected chi connectivity index (χ1v) is 9.01. The van der Waals surface area contributed by atoms with Crippen molar-refractivity contribution < 1.29 is 13.2 Å². The number of benzene rings is 1. The van der Waals surface area contributed by atoms with Crippen molar-refractivity contribution in [2.24, 2.45) is 5.73 Å². The van der Waals surface area contributed by atoms with Crippen LogP contribution in [-0.4, -0.2) is 32.1 Å². The van der Waals surface area contributed by atoms with Crippen molar-refractivity contribution in [2.45, 2.75) is 38.3 Å². The van der Waals surface area contributed by atoms with E-state index in [2.05, 4.69) is 0 Å². The Balaban J connectivity index is 2.18. The molecule has 0 aliphatic carbocycles. The molecule has 0 radical (unpaired) electrons. The number of hydrogen-bond donors (Lipinski definition) is 1. The lowest BCUT2D eigenvalue weighted by atomic mass is 10.0. The molecule has 112 valence electrons. The largest absolute Gasteiger partial charge is 0.487 e. The summed E-state index contributed by atoms with van der Waals surface area (Å²) in [5, 5.41) is 0.509. The number of halogens is 1. The van der Waals surface area contributed by atoms with Gasteiger partial charge in [0, 0.05) is 6.04 Å². The van der Waals surface area contributed by atoms with Gasteiger partial charge < -0.3 is 10.5 Å². The van der Waals surface area contributed by atoms with Crippen molar-refractivity contribution in [3.63, 3.8) is 0 Å². The second kappa shape index (κ2) is 6.33. The van der Waals surface area contributed by atoms with Crippen LogP contribution in [0, 0.1) is 0 Å². The predicted molar refractivity (Wildman–Crippen MR) is 81.1 cm³/mol. The molecule has 2 N–H and O–H groups in total. The number of hydrogen-bond acceptors (Lipinski definition) is 4. The van der Waals surface area contributed by atoms with Crippen molar-refractivity contribution in [3.05, 3.63) is 28.8 Å². The first-order valence-electron chi connectivity index (χ1n) is 6.81. The van der Waals surface area contributed by atoms with Gasteiger partial charge in [0.15, 0.2) is 9.84 Å². The summed E-state index contributed by atoms with van der Waals surface area (Å²) >= 11 is 6.19. The van der Waals surface area contributed by atoms with E-state index in [1.165, 1.54) is 0 Å². The topological polar surface area (TPSA) is 69.4 Å². The van der Waals surface area contributed by atoms with E-state index < -0.39 is 9.84 Å². The fourth-order valence-corrected chi connectivity index (χ4v) is 4.12. The highest BCUT2D eigenvalue weighted by Gasteiger charge is 2.30. The van der Waals surface area contributed by atoms with Gasteiger partial charge in [0.25, 0.3) is 0 Å². The van der Waals surface area contributed by atoms with Gasteiger partial charge >= 0.3 is 0 Å². The molecule has 1 saturated heterocycles. The molecular weight excluding hydrogens is 298 g/mol. The molecule has 1 heterocycles. The molecule has 0 saturated carbocycles. The molecule has 0 spiro atoms. The van der Waals surface area contributed by atoms with E-state index in [0.29, 0.717) is 23.6 Å². The maximum Gasteiger partial charge on any atom is 0.154 e. The van der Waals surface area contributed by atoms with Crippen LogP contribution in [0.1, 0.15) is 25.3 Å². The highest BCUT2D eigenvalue weighted by atomic mass is 35.5. The standard InChI is InChI=1S/C14H20ClNO3S/c1-2-11(16)8-10-4-3-5-13(15)14(10)19-12-6-7-20(17,18)9-12/h3-5,11-12H,2,6-9,16H2,1H3. The van der Waals surface area contributed by atoms with Gasteiger partial charge in [-0.1, -0.05) is 30.7 Å². The second-order valence-electron chi connectivity index (χ2n) is 5.24. The van der Waals surface area contributed by atoms with Gasteiger partial charge in [0.1, 0.15) is 11.9 Å². The van der Waals surface area contributed by atoms with Gasteiger partial charge in [0.2, 0.25) is 0 Å². The first-order chi connectivity index (χ1) is 9.41. The molecule has 1 aliphatic rings.